The second-order valence-electron chi connectivity index (χ2n) is 5.68. The Morgan fingerprint density at radius 1 is 1.16 bits per heavy atom. The highest BCUT2D eigenvalue weighted by Gasteiger charge is 2.10. The van der Waals surface area contributed by atoms with Crippen molar-refractivity contribution in [3.8, 4) is 11.1 Å². The highest BCUT2D eigenvalue weighted by Crippen LogP contribution is 2.25. The summed E-state index contributed by atoms with van der Waals surface area (Å²) in [6, 6.07) is 2.02. The summed E-state index contributed by atoms with van der Waals surface area (Å²) < 4.78 is 8.87. The van der Waals surface area contributed by atoms with Crippen LogP contribution in [0.1, 0.15) is 12.6 Å². The zero-order valence-corrected chi connectivity index (χ0v) is 14.2. The summed E-state index contributed by atoms with van der Waals surface area (Å²) in [6.07, 6.45) is 10.4. The zero-order valence-electron chi connectivity index (χ0n) is 14.2. The van der Waals surface area contributed by atoms with Crippen molar-refractivity contribution in [2.75, 3.05) is 25.6 Å². The van der Waals surface area contributed by atoms with Crippen molar-refractivity contribution < 1.29 is 4.74 Å². The topological polar surface area (TPSA) is 81.6 Å². The van der Waals surface area contributed by atoms with Crippen molar-refractivity contribution in [1.82, 2.24) is 29.0 Å². The van der Waals surface area contributed by atoms with Gasteiger partial charge in [0, 0.05) is 49.1 Å². The molecule has 0 fully saturated rings. The van der Waals surface area contributed by atoms with Crippen LogP contribution in [-0.4, -0.2) is 49.2 Å². The number of imidazole rings is 1. The normalized spacial score (nSPS) is 11.4. The van der Waals surface area contributed by atoms with E-state index in [-0.39, 0.29) is 0 Å². The molecule has 0 saturated heterocycles. The van der Waals surface area contributed by atoms with Gasteiger partial charge >= 0.3 is 0 Å². The van der Waals surface area contributed by atoms with Crippen molar-refractivity contribution in [2.45, 2.75) is 13.3 Å². The van der Waals surface area contributed by atoms with Crippen LogP contribution in [0.5, 0.6) is 0 Å². The lowest BCUT2D eigenvalue weighted by atomic mass is 10.1. The lowest BCUT2D eigenvalue weighted by molar-refractivity contribution is 0.210. The van der Waals surface area contributed by atoms with Crippen LogP contribution >= 0.6 is 0 Å². The van der Waals surface area contributed by atoms with Gasteiger partial charge < -0.3 is 10.1 Å². The second-order valence-corrected chi connectivity index (χ2v) is 5.68. The van der Waals surface area contributed by atoms with Gasteiger partial charge in [0.15, 0.2) is 0 Å². The van der Waals surface area contributed by atoms with E-state index in [0.717, 1.165) is 28.8 Å². The minimum Gasteiger partial charge on any atom is -0.383 e. The Labute approximate surface area is 144 Å². The molecule has 4 rings (SSSR count). The smallest absolute Gasteiger partial charge is 0.241 e. The van der Waals surface area contributed by atoms with E-state index in [1.54, 1.807) is 7.11 Å². The third kappa shape index (κ3) is 2.80. The largest absolute Gasteiger partial charge is 0.383 e. The first-order chi connectivity index (χ1) is 12.3. The van der Waals surface area contributed by atoms with Gasteiger partial charge in [-0.25, -0.2) is 19.5 Å². The van der Waals surface area contributed by atoms with E-state index >= 15 is 0 Å². The molecule has 0 bridgehead atoms. The number of rotatable bonds is 6. The van der Waals surface area contributed by atoms with Crippen molar-refractivity contribution in [1.29, 1.82) is 0 Å². The van der Waals surface area contributed by atoms with Crippen molar-refractivity contribution in [3.05, 3.63) is 42.7 Å². The first-order valence-corrected chi connectivity index (χ1v) is 8.19. The fraction of sp³-hybridized carbons (Fsp3) is 0.294. The number of aryl methyl sites for hydroxylation is 1. The van der Waals surface area contributed by atoms with Crippen molar-refractivity contribution in [2.24, 2.45) is 0 Å². The fourth-order valence-corrected chi connectivity index (χ4v) is 2.81. The molecule has 0 aliphatic carbocycles. The maximum atomic E-state index is 5.02. The van der Waals surface area contributed by atoms with E-state index in [1.807, 2.05) is 39.8 Å². The molecule has 0 unspecified atom stereocenters. The molecule has 0 amide bonds. The molecule has 1 N–H and O–H groups in total. The Morgan fingerprint density at radius 2 is 2.04 bits per heavy atom. The average molecular weight is 337 g/mol. The van der Waals surface area contributed by atoms with Gasteiger partial charge in [-0.1, -0.05) is 6.92 Å². The van der Waals surface area contributed by atoms with Gasteiger partial charge in [-0.2, -0.15) is 0 Å². The van der Waals surface area contributed by atoms with Gasteiger partial charge in [0.1, 0.15) is 0 Å². The monoisotopic (exact) mass is 337 g/mol. The lowest BCUT2D eigenvalue weighted by Gasteiger charge is -2.05. The summed E-state index contributed by atoms with van der Waals surface area (Å²) in [4.78, 5) is 13.2. The number of nitrogens with one attached hydrogen (secondary N) is 1. The molecule has 0 aromatic carbocycles. The molecule has 0 atom stereocenters. The second kappa shape index (κ2) is 6.48. The number of methoxy groups -OCH3 is 1. The molecule has 0 aliphatic heterocycles. The summed E-state index contributed by atoms with van der Waals surface area (Å²) in [7, 11) is 1.67. The molecule has 0 spiro atoms. The molecule has 4 aromatic rings. The Balaban J connectivity index is 1.71. The van der Waals surface area contributed by atoms with Crippen LogP contribution in [0.15, 0.2) is 37.1 Å². The molecular weight excluding hydrogens is 318 g/mol. The Kier molecular flexibility index (Phi) is 4.02. The molecular formula is C17H19N7O. The molecule has 0 aliphatic rings. The highest BCUT2D eigenvalue weighted by atomic mass is 16.5. The Bertz CT molecular complexity index is 1020. The standard InChI is InChI=1S/C17H19N7O/c1-3-13-9-21-17-20-8-12(11-23(13)17)14-4-6-24-15(14)10-19-16(22-24)18-5-7-25-2/h4,6,8-11H,3,5,7H2,1-2H3,(H,18,22). The maximum absolute atomic E-state index is 5.02. The van der Waals surface area contributed by atoms with E-state index in [2.05, 4.69) is 38.5 Å². The first-order valence-electron chi connectivity index (χ1n) is 8.19. The van der Waals surface area contributed by atoms with E-state index in [1.165, 1.54) is 0 Å². The van der Waals surface area contributed by atoms with E-state index in [9.17, 15) is 0 Å². The van der Waals surface area contributed by atoms with Gasteiger partial charge in [0.25, 0.3) is 0 Å². The number of hydrogen-bond acceptors (Lipinski definition) is 6. The third-order valence-electron chi connectivity index (χ3n) is 4.12. The van der Waals surface area contributed by atoms with Gasteiger partial charge in [-0.05, 0) is 12.5 Å². The Hall–Kier alpha value is -3.00. The number of hydrogen-bond donors (Lipinski definition) is 1. The first kappa shape index (κ1) is 15.5. The van der Waals surface area contributed by atoms with Crippen LogP contribution in [0.25, 0.3) is 22.4 Å². The molecule has 0 radical (unpaired) electrons. The predicted molar refractivity (Wildman–Crippen MR) is 94.7 cm³/mol. The van der Waals surface area contributed by atoms with Crippen LogP contribution < -0.4 is 5.32 Å². The van der Waals surface area contributed by atoms with Crippen LogP contribution in [0.2, 0.25) is 0 Å². The van der Waals surface area contributed by atoms with Gasteiger partial charge in [-0.15, -0.1) is 5.10 Å². The SMILES string of the molecule is CCc1cnc2ncc(-c3ccn4nc(NCCOC)ncc34)cn12. The fourth-order valence-electron chi connectivity index (χ4n) is 2.81. The van der Waals surface area contributed by atoms with Gasteiger partial charge in [0.2, 0.25) is 11.7 Å². The molecule has 25 heavy (non-hydrogen) atoms. The Morgan fingerprint density at radius 3 is 2.88 bits per heavy atom. The van der Waals surface area contributed by atoms with Gasteiger partial charge in [0.05, 0.1) is 24.5 Å². The summed E-state index contributed by atoms with van der Waals surface area (Å²) in [5, 5.41) is 7.61. The van der Waals surface area contributed by atoms with Gasteiger partial charge in [-0.3, -0.25) is 4.40 Å². The minimum atomic E-state index is 0.572. The molecule has 8 nitrogen and oxygen atoms in total. The number of ether oxygens (including phenoxy) is 1. The maximum Gasteiger partial charge on any atom is 0.241 e. The summed E-state index contributed by atoms with van der Waals surface area (Å²) >= 11 is 0. The average Bonchev–Trinajstić information content (AvgIpc) is 3.24. The quantitative estimate of drug-likeness (QED) is 0.542. The number of aromatic nitrogens is 6. The van der Waals surface area contributed by atoms with E-state index in [0.29, 0.717) is 24.9 Å². The molecule has 0 saturated carbocycles. The van der Waals surface area contributed by atoms with Crippen LogP contribution in [0.3, 0.4) is 0 Å². The summed E-state index contributed by atoms with van der Waals surface area (Å²) in [6.45, 7) is 3.38. The third-order valence-corrected chi connectivity index (χ3v) is 4.12. The lowest BCUT2D eigenvalue weighted by Crippen LogP contribution is -2.11. The predicted octanol–water partition coefficient (Wildman–Crippen LogP) is 2.06. The number of nitrogens with zero attached hydrogens (tertiary/aromatic N) is 6. The summed E-state index contributed by atoms with van der Waals surface area (Å²) in [5.41, 5.74) is 4.10. The van der Waals surface area contributed by atoms with Crippen LogP contribution in [-0.2, 0) is 11.2 Å². The minimum absolute atomic E-state index is 0.572. The van der Waals surface area contributed by atoms with E-state index < -0.39 is 0 Å². The molecule has 4 heterocycles. The molecule has 128 valence electrons. The van der Waals surface area contributed by atoms with Crippen LogP contribution in [0.4, 0.5) is 5.95 Å². The van der Waals surface area contributed by atoms with Crippen molar-refractivity contribution in [3.63, 3.8) is 0 Å². The summed E-state index contributed by atoms with van der Waals surface area (Å²) in [5.74, 6) is 1.29. The van der Waals surface area contributed by atoms with E-state index in [4.69, 9.17) is 4.74 Å². The zero-order chi connectivity index (χ0) is 17.2. The van der Waals surface area contributed by atoms with Crippen LogP contribution in [0, 0.1) is 0 Å². The number of anilines is 1. The highest BCUT2D eigenvalue weighted by molar-refractivity contribution is 5.79. The van der Waals surface area contributed by atoms with Crippen molar-refractivity contribution >= 4 is 17.2 Å². The molecule has 8 heteroatoms. The molecule has 4 aromatic heterocycles. The number of fused-ring (bicyclic) bond motifs is 2.